The molecule has 2 amide bonds. The van der Waals surface area contributed by atoms with Gasteiger partial charge in [0.15, 0.2) is 6.61 Å². The lowest BCUT2D eigenvalue weighted by atomic mass is 10.2. The van der Waals surface area contributed by atoms with Crippen molar-refractivity contribution in [1.29, 1.82) is 0 Å². The molecule has 0 aliphatic carbocycles. The zero-order chi connectivity index (χ0) is 19.1. The van der Waals surface area contributed by atoms with E-state index in [1.165, 1.54) is 6.92 Å². The Labute approximate surface area is 162 Å². The molecule has 2 aromatic rings. The van der Waals surface area contributed by atoms with Crippen LogP contribution in [0.4, 0.5) is 5.69 Å². The lowest BCUT2D eigenvalue weighted by Gasteiger charge is -2.22. The van der Waals surface area contributed by atoms with Gasteiger partial charge in [-0.2, -0.15) is 0 Å². The van der Waals surface area contributed by atoms with Gasteiger partial charge in [-0.25, -0.2) is 0 Å². The van der Waals surface area contributed by atoms with Gasteiger partial charge in [-0.1, -0.05) is 29.3 Å². The molecule has 0 saturated carbocycles. The van der Waals surface area contributed by atoms with Gasteiger partial charge in [-0.3, -0.25) is 9.59 Å². The smallest absolute Gasteiger partial charge is 0.258 e. The highest BCUT2D eigenvalue weighted by Gasteiger charge is 2.13. The van der Waals surface area contributed by atoms with Crippen molar-refractivity contribution in [3.8, 4) is 5.75 Å². The van der Waals surface area contributed by atoms with E-state index in [4.69, 9.17) is 27.9 Å². The number of carbonyl (C=O) groups is 2. The number of ether oxygens (including phenoxy) is 1. The molecule has 7 heteroatoms. The summed E-state index contributed by atoms with van der Waals surface area (Å²) in [5.74, 6) is 0.159. The van der Waals surface area contributed by atoms with E-state index >= 15 is 0 Å². The first-order chi connectivity index (χ1) is 12.4. The van der Waals surface area contributed by atoms with Gasteiger partial charge in [0.1, 0.15) is 5.75 Å². The number of aryl methyl sites for hydroxylation is 1. The molecule has 1 N–H and O–H groups in total. The zero-order valence-electron chi connectivity index (χ0n) is 14.6. The van der Waals surface area contributed by atoms with E-state index in [-0.39, 0.29) is 18.4 Å². The van der Waals surface area contributed by atoms with Gasteiger partial charge >= 0.3 is 0 Å². The quantitative estimate of drug-likeness (QED) is 0.775. The summed E-state index contributed by atoms with van der Waals surface area (Å²) in [5, 5.41) is 3.92. The number of anilines is 1. The van der Waals surface area contributed by atoms with Crippen molar-refractivity contribution in [3.63, 3.8) is 0 Å². The summed E-state index contributed by atoms with van der Waals surface area (Å²) in [4.78, 5) is 25.3. The number of nitrogens with zero attached hydrogens (tertiary/aromatic N) is 1. The van der Waals surface area contributed by atoms with Crippen molar-refractivity contribution >= 4 is 40.7 Å². The molecule has 0 radical (unpaired) electrons. The van der Waals surface area contributed by atoms with Crippen molar-refractivity contribution in [2.45, 2.75) is 13.8 Å². The summed E-state index contributed by atoms with van der Waals surface area (Å²) in [6, 6.07) is 12.2. The van der Waals surface area contributed by atoms with Crippen molar-refractivity contribution in [1.82, 2.24) is 5.32 Å². The van der Waals surface area contributed by atoms with Gasteiger partial charge in [-0.15, -0.1) is 0 Å². The van der Waals surface area contributed by atoms with Gasteiger partial charge in [-0.05, 0) is 48.9 Å². The Morgan fingerprint density at radius 2 is 1.81 bits per heavy atom. The van der Waals surface area contributed by atoms with E-state index in [0.29, 0.717) is 34.6 Å². The van der Waals surface area contributed by atoms with Gasteiger partial charge in [0.05, 0.1) is 0 Å². The Morgan fingerprint density at radius 3 is 2.42 bits per heavy atom. The minimum Gasteiger partial charge on any atom is -0.484 e. The molecule has 0 atom stereocenters. The van der Waals surface area contributed by atoms with Crippen LogP contribution in [0.5, 0.6) is 5.75 Å². The highest BCUT2D eigenvalue weighted by atomic mass is 35.5. The van der Waals surface area contributed by atoms with Crippen LogP contribution in [-0.4, -0.2) is 31.5 Å². The average molecular weight is 395 g/mol. The SMILES string of the molecule is CC(=O)N(CCNC(=O)COc1ccc(Cl)cc1)c1ccc(C)c(Cl)c1. The van der Waals surface area contributed by atoms with E-state index in [1.54, 1.807) is 35.2 Å². The van der Waals surface area contributed by atoms with Crippen LogP contribution < -0.4 is 15.0 Å². The fourth-order valence-electron chi connectivity index (χ4n) is 2.26. The largest absolute Gasteiger partial charge is 0.484 e. The maximum absolute atomic E-state index is 11.9. The van der Waals surface area contributed by atoms with Crippen molar-refractivity contribution < 1.29 is 14.3 Å². The molecule has 0 heterocycles. The molecule has 0 aromatic heterocycles. The summed E-state index contributed by atoms with van der Waals surface area (Å²) < 4.78 is 5.37. The van der Waals surface area contributed by atoms with Crippen LogP contribution in [0.25, 0.3) is 0 Å². The molecular formula is C19H20Cl2N2O3. The molecule has 2 aromatic carbocycles. The molecule has 0 aliphatic heterocycles. The van der Waals surface area contributed by atoms with Crippen LogP contribution in [-0.2, 0) is 9.59 Å². The predicted molar refractivity (Wildman–Crippen MR) is 104 cm³/mol. The third kappa shape index (κ3) is 5.93. The molecule has 0 saturated heterocycles. The van der Waals surface area contributed by atoms with Crippen LogP contribution >= 0.6 is 23.2 Å². The topological polar surface area (TPSA) is 58.6 Å². The Morgan fingerprint density at radius 1 is 1.12 bits per heavy atom. The van der Waals surface area contributed by atoms with Crippen molar-refractivity contribution in [3.05, 3.63) is 58.1 Å². The summed E-state index contributed by atoms with van der Waals surface area (Å²) in [5.41, 5.74) is 1.63. The van der Waals surface area contributed by atoms with Crippen molar-refractivity contribution in [2.75, 3.05) is 24.6 Å². The zero-order valence-corrected chi connectivity index (χ0v) is 16.1. The van der Waals surface area contributed by atoms with Gasteiger partial charge in [0.2, 0.25) is 5.91 Å². The lowest BCUT2D eigenvalue weighted by molar-refractivity contribution is -0.123. The van der Waals surface area contributed by atoms with Crippen LogP contribution in [0.15, 0.2) is 42.5 Å². The molecule has 5 nitrogen and oxygen atoms in total. The van der Waals surface area contributed by atoms with E-state index in [1.807, 2.05) is 19.1 Å². The second-order valence-corrected chi connectivity index (χ2v) is 6.54. The van der Waals surface area contributed by atoms with Crippen LogP contribution in [0.2, 0.25) is 10.0 Å². The lowest BCUT2D eigenvalue weighted by Crippen LogP contribution is -2.39. The Bertz CT molecular complexity index is 779. The fraction of sp³-hybridized carbons (Fsp3) is 0.263. The summed E-state index contributed by atoms with van der Waals surface area (Å²) >= 11 is 11.9. The van der Waals surface area contributed by atoms with Gasteiger partial charge in [0.25, 0.3) is 5.91 Å². The number of nitrogens with one attached hydrogen (secondary N) is 1. The van der Waals surface area contributed by atoms with Gasteiger partial charge in [0, 0.05) is 35.7 Å². The highest BCUT2D eigenvalue weighted by molar-refractivity contribution is 6.31. The minimum absolute atomic E-state index is 0.113. The van der Waals surface area contributed by atoms with E-state index in [9.17, 15) is 9.59 Å². The normalized spacial score (nSPS) is 10.3. The first-order valence-corrected chi connectivity index (χ1v) is 8.81. The maximum Gasteiger partial charge on any atom is 0.258 e. The third-order valence-electron chi connectivity index (χ3n) is 3.69. The first kappa shape index (κ1) is 20.1. The maximum atomic E-state index is 11.9. The van der Waals surface area contributed by atoms with Crippen molar-refractivity contribution in [2.24, 2.45) is 0 Å². The number of carbonyl (C=O) groups excluding carboxylic acids is 2. The molecule has 26 heavy (non-hydrogen) atoms. The predicted octanol–water partition coefficient (Wildman–Crippen LogP) is 3.85. The molecule has 0 aliphatic rings. The molecule has 0 fully saturated rings. The Kier molecular flexibility index (Phi) is 7.30. The summed E-state index contributed by atoms with van der Waals surface area (Å²) in [7, 11) is 0. The standard InChI is InChI=1S/C19H20Cl2N2O3/c1-13-3-6-16(11-18(13)21)23(14(2)24)10-9-22-19(25)12-26-17-7-4-15(20)5-8-17/h3-8,11H,9-10,12H2,1-2H3,(H,22,25). The monoisotopic (exact) mass is 394 g/mol. The second-order valence-electron chi connectivity index (χ2n) is 5.70. The number of hydrogen-bond donors (Lipinski definition) is 1. The molecular weight excluding hydrogens is 375 g/mol. The number of amides is 2. The summed E-state index contributed by atoms with van der Waals surface area (Å²) in [6.45, 7) is 3.89. The summed E-state index contributed by atoms with van der Waals surface area (Å²) in [6.07, 6.45) is 0. The Balaban J connectivity index is 1.83. The van der Waals surface area contributed by atoms with Crippen LogP contribution in [0.3, 0.4) is 0 Å². The van der Waals surface area contributed by atoms with E-state index in [2.05, 4.69) is 5.32 Å². The first-order valence-electron chi connectivity index (χ1n) is 8.06. The number of hydrogen-bond acceptors (Lipinski definition) is 3. The number of rotatable bonds is 7. The van der Waals surface area contributed by atoms with E-state index in [0.717, 1.165) is 5.56 Å². The van der Waals surface area contributed by atoms with Crippen LogP contribution in [0, 0.1) is 6.92 Å². The molecule has 2 rings (SSSR count). The van der Waals surface area contributed by atoms with Gasteiger partial charge < -0.3 is 15.0 Å². The molecule has 0 unspecified atom stereocenters. The second kappa shape index (κ2) is 9.46. The number of halogens is 2. The van der Waals surface area contributed by atoms with Crippen LogP contribution in [0.1, 0.15) is 12.5 Å². The average Bonchev–Trinajstić information content (AvgIpc) is 2.60. The molecule has 138 valence electrons. The number of benzene rings is 2. The fourth-order valence-corrected chi connectivity index (χ4v) is 2.56. The highest BCUT2D eigenvalue weighted by Crippen LogP contribution is 2.23. The molecule has 0 bridgehead atoms. The minimum atomic E-state index is -0.273. The van der Waals surface area contributed by atoms with E-state index < -0.39 is 0 Å². The Hall–Kier alpha value is -2.24. The molecule has 0 spiro atoms. The third-order valence-corrected chi connectivity index (χ3v) is 4.35.